The van der Waals surface area contributed by atoms with Crippen LogP contribution >= 0.6 is 0 Å². The van der Waals surface area contributed by atoms with Gasteiger partial charge in [-0.3, -0.25) is 4.79 Å². The minimum Gasteiger partial charge on any atom is -0.497 e. The van der Waals surface area contributed by atoms with Crippen LogP contribution in [0.4, 0.5) is 5.69 Å². The summed E-state index contributed by atoms with van der Waals surface area (Å²) in [5, 5.41) is 12.9. The standard InChI is InChI=1S/C22H26N6O2/c1-13-14(2)25-28-12-23-24-22(28)20(13)26-9-17-10-27(15(3)29)21(19(17)11-26)16-5-7-18(30-4)8-6-16/h5-8,12,17,19,21H,9-11H2,1-4H3/t17-,19-,21+/m1/s1. The fraction of sp³-hybridized carbons (Fsp3) is 0.455. The molecule has 4 heterocycles. The van der Waals surface area contributed by atoms with E-state index >= 15 is 0 Å². The number of rotatable bonds is 3. The molecule has 0 saturated carbocycles. The molecule has 3 atom stereocenters. The molecule has 0 N–H and O–H groups in total. The van der Waals surface area contributed by atoms with E-state index in [0.29, 0.717) is 11.8 Å². The zero-order valence-electron chi connectivity index (χ0n) is 17.7. The summed E-state index contributed by atoms with van der Waals surface area (Å²) in [6, 6.07) is 8.19. The highest BCUT2D eigenvalue weighted by Crippen LogP contribution is 2.47. The fourth-order valence-electron chi connectivity index (χ4n) is 5.19. The van der Waals surface area contributed by atoms with Gasteiger partial charge in [0, 0.05) is 38.4 Å². The molecular weight excluding hydrogens is 380 g/mol. The van der Waals surface area contributed by atoms with E-state index < -0.39 is 0 Å². The highest BCUT2D eigenvalue weighted by molar-refractivity contribution is 5.75. The Bertz CT molecular complexity index is 1110. The summed E-state index contributed by atoms with van der Waals surface area (Å²) in [6.45, 7) is 8.34. The number of benzene rings is 1. The van der Waals surface area contributed by atoms with Crippen LogP contribution in [-0.2, 0) is 4.79 Å². The third kappa shape index (κ3) is 2.81. The van der Waals surface area contributed by atoms with E-state index in [4.69, 9.17) is 4.74 Å². The van der Waals surface area contributed by atoms with Crippen LogP contribution in [0.15, 0.2) is 30.6 Å². The molecule has 1 aromatic carbocycles. The van der Waals surface area contributed by atoms with Gasteiger partial charge in [-0.05, 0) is 37.1 Å². The second kappa shape index (κ2) is 6.97. The molecule has 8 heteroatoms. The fourth-order valence-corrected chi connectivity index (χ4v) is 5.19. The number of fused-ring (bicyclic) bond motifs is 2. The Morgan fingerprint density at radius 3 is 2.60 bits per heavy atom. The second-order valence-corrected chi connectivity index (χ2v) is 8.38. The first-order valence-corrected chi connectivity index (χ1v) is 10.3. The van der Waals surface area contributed by atoms with E-state index in [-0.39, 0.29) is 11.9 Å². The molecule has 0 unspecified atom stereocenters. The van der Waals surface area contributed by atoms with E-state index in [1.54, 1.807) is 24.9 Å². The quantitative estimate of drug-likeness (QED) is 0.665. The highest BCUT2D eigenvalue weighted by Gasteiger charge is 2.49. The van der Waals surface area contributed by atoms with Crippen molar-refractivity contribution >= 4 is 17.2 Å². The van der Waals surface area contributed by atoms with Crippen molar-refractivity contribution in [2.75, 3.05) is 31.6 Å². The molecule has 3 aromatic rings. The summed E-state index contributed by atoms with van der Waals surface area (Å²) in [6.07, 6.45) is 1.65. The Morgan fingerprint density at radius 2 is 1.90 bits per heavy atom. The van der Waals surface area contributed by atoms with Gasteiger partial charge >= 0.3 is 0 Å². The van der Waals surface area contributed by atoms with E-state index in [9.17, 15) is 4.79 Å². The second-order valence-electron chi connectivity index (χ2n) is 8.38. The molecule has 2 aliphatic heterocycles. The van der Waals surface area contributed by atoms with Gasteiger partial charge in [0.05, 0.1) is 24.5 Å². The van der Waals surface area contributed by atoms with Gasteiger partial charge in [0.15, 0.2) is 0 Å². The van der Waals surface area contributed by atoms with Crippen molar-refractivity contribution in [2.24, 2.45) is 11.8 Å². The zero-order chi connectivity index (χ0) is 21.0. The number of anilines is 1. The molecule has 1 amide bonds. The molecule has 2 fully saturated rings. The molecule has 2 saturated heterocycles. The molecule has 0 bridgehead atoms. The monoisotopic (exact) mass is 406 g/mol. The summed E-state index contributed by atoms with van der Waals surface area (Å²) >= 11 is 0. The van der Waals surface area contributed by atoms with Gasteiger partial charge in [-0.15, -0.1) is 10.2 Å². The number of amides is 1. The van der Waals surface area contributed by atoms with Crippen molar-refractivity contribution in [1.82, 2.24) is 24.7 Å². The van der Waals surface area contributed by atoms with Crippen LogP contribution in [0.5, 0.6) is 5.75 Å². The largest absolute Gasteiger partial charge is 0.497 e. The number of hydrogen-bond acceptors (Lipinski definition) is 6. The lowest BCUT2D eigenvalue weighted by Crippen LogP contribution is -2.34. The summed E-state index contributed by atoms with van der Waals surface area (Å²) in [7, 11) is 1.67. The van der Waals surface area contributed by atoms with E-state index in [0.717, 1.165) is 53.5 Å². The lowest BCUT2D eigenvalue weighted by molar-refractivity contribution is -0.130. The van der Waals surface area contributed by atoms with Crippen LogP contribution in [0.25, 0.3) is 5.65 Å². The molecule has 2 aromatic heterocycles. The van der Waals surface area contributed by atoms with E-state index in [2.05, 4.69) is 39.3 Å². The van der Waals surface area contributed by atoms with Crippen LogP contribution < -0.4 is 9.64 Å². The molecule has 156 valence electrons. The van der Waals surface area contributed by atoms with Gasteiger partial charge in [-0.2, -0.15) is 9.61 Å². The molecule has 30 heavy (non-hydrogen) atoms. The average Bonchev–Trinajstić information content (AvgIpc) is 3.43. The molecule has 0 spiro atoms. The Balaban J connectivity index is 1.51. The molecule has 2 aliphatic rings. The first-order chi connectivity index (χ1) is 14.5. The summed E-state index contributed by atoms with van der Waals surface area (Å²) in [5.74, 6) is 1.73. The maximum Gasteiger partial charge on any atom is 0.219 e. The molecule has 0 aliphatic carbocycles. The van der Waals surface area contributed by atoms with Crippen molar-refractivity contribution in [3.05, 3.63) is 47.4 Å². The summed E-state index contributed by atoms with van der Waals surface area (Å²) in [5.41, 5.74) is 5.18. The SMILES string of the molecule is COc1ccc([C@H]2[C@@H]3CN(c4c(C)c(C)nn5cnnc45)C[C@@H]3CN2C(C)=O)cc1. The van der Waals surface area contributed by atoms with Gasteiger partial charge in [-0.25, -0.2) is 0 Å². The van der Waals surface area contributed by atoms with Crippen LogP contribution in [0.2, 0.25) is 0 Å². The van der Waals surface area contributed by atoms with Gasteiger partial charge in [0.1, 0.15) is 12.1 Å². The minimum absolute atomic E-state index is 0.0699. The topological polar surface area (TPSA) is 75.9 Å². The maximum atomic E-state index is 12.4. The third-order valence-electron chi connectivity index (χ3n) is 6.74. The highest BCUT2D eigenvalue weighted by atomic mass is 16.5. The predicted octanol–water partition coefficient (Wildman–Crippen LogP) is 2.41. The summed E-state index contributed by atoms with van der Waals surface area (Å²) in [4.78, 5) is 16.9. The zero-order valence-corrected chi connectivity index (χ0v) is 17.7. The van der Waals surface area contributed by atoms with Crippen molar-refractivity contribution in [2.45, 2.75) is 26.8 Å². The van der Waals surface area contributed by atoms with E-state index in [1.165, 1.54) is 0 Å². The lowest BCUT2D eigenvalue weighted by atomic mass is 9.89. The Hall–Kier alpha value is -3.16. The van der Waals surface area contributed by atoms with Crippen LogP contribution in [-0.4, -0.2) is 57.4 Å². The maximum absolute atomic E-state index is 12.4. The average molecular weight is 406 g/mol. The van der Waals surface area contributed by atoms with Gasteiger partial charge in [-0.1, -0.05) is 12.1 Å². The van der Waals surface area contributed by atoms with Gasteiger partial charge in [0.25, 0.3) is 0 Å². The number of methoxy groups -OCH3 is 1. The van der Waals surface area contributed by atoms with Crippen molar-refractivity contribution < 1.29 is 9.53 Å². The smallest absolute Gasteiger partial charge is 0.219 e. The van der Waals surface area contributed by atoms with Crippen molar-refractivity contribution in [3.63, 3.8) is 0 Å². The first-order valence-electron chi connectivity index (χ1n) is 10.3. The van der Waals surface area contributed by atoms with Crippen molar-refractivity contribution in [1.29, 1.82) is 0 Å². The summed E-state index contributed by atoms with van der Waals surface area (Å²) < 4.78 is 7.07. The normalized spacial score (nSPS) is 23.3. The minimum atomic E-state index is 0.0699. The third-order valence-corrected chi connectivity index (χ3v) is 6.74. The van der Waals surface area contributed by atoms with Gasteiger partial charge < -0.3 is 14.5 Å². The number of aryl methyl sites for hydroxylation is 1. The predicted molar refractivity (Wildman–Crippen MR) is 113 cm³/mol. The number of ether oxygens (including phenoxy) is 1. The van der Waals surface area contributed by atoms with Gasteiger partial charge in [0.2, 0.25) is 11.6 Å². The van der Waals surface area contributed by atoms with E-state index in [1.807, 2.05) is 24.0 Å². The molecule has 5 rings (SSSR count). The Kier molecular flexibility index (Phi) is 4.38. The molecule has 8 nitrogen and oxygen atoms in total. The number of carbonyl (C=O) groups excluding carboxylic acids is 1. The Labute approximate surface area is 175 Å². The number of hydrogen-bond donors (Lipinski definition) is 0. The first kappa shape index (κ1) is 18.8. The number of carbonyl (C=O) groups is 1. The van der Waals surface area contributed by atoms with Crippen LogP contribution in [0.3, 0.4) is 0 Å². The number of aromatic nitrogens is 4. The molecule has 0 radical (unpaired) electrons. The van der Waals surface area contributed by atoms with Crippen LogP contribution in [0, 0.1) is 25.7 Å². The number of likely N-dealkylation sites (tertiary alicyclic amines) is 1. The van der Waals surface area contributed by atoms with Crippen LogP contribution in [0.1, 0.15) is 29.8 Å². The molecular formula is C22H26N6O2. The Morgan fingerprint density at radius 1 is 1.13 bits per heavy atom. The van der Waals surface area contributed by atoms with Crippen molar-refractivity contribution in [3.8, 4) is 5.75 Å². The lowest BCUT2D eigenvalue weighted by Gasteiger charge is -2.30. The number of nitrogens with zero attached hydrogens (tertiary/aromatic N) is 6.